The third kappa shape index (κ3) is 3.22. The van der Waals surface area contributed by atoms with Gasteiger partial charge in [-0.3, -0.25) is 4.98 Å². The molecule has 0 amide bonds. The van der Waals surface area contributed by atoms with E-state index in [1.807, 2.05) is 6.20 Å². The first-order valence-electron chi connectivity index (χ1n) is 6.39. The van der Waals surface area contributed by atoms with Crippen LogP contribution in [0.2, 0.25) is 0 Å². The lowest BCUT2D eigenvalue weighted by Gasteiger charge is -2.18. The highest BCUT2D eigenvalue weighted by molar-refractivity contribution is 5.31. The average molecular weight is 221 g/mol. The highest BCUT2D eigenvalue weighted by Gasteiger charge is 2.10. The zero-order chi connectivity index (χ0) is 12.0. The van der Waals surface area contributed by atoms with Crippen LogP contribution in [0, 0.1) is 0 Å². The molecule has 2 heteroatoms. The number of ether oxygens (including phenoxy) is 1. The summed E-state index contributed by atoms with van der Waals surface area (Å²) in [7, 11) is 0. The van der Waals surface area contributed by atoms with Gasteiger partial charge in [0.1, 0.15) is 5.75 Å². The van der Waals surface area contributed by atoms with Gasteiger partial charge < -0.3 is 4.74 Å². The zero-order valence-corrected chi connectivity index (χ0v) is 10.9. The lowest BCUT2D eigenvalue weighted by Crippen LogP contribution is -2.15. The number of pyridine rings is 1. The van der Waals surface area contributed by atoms with Crippen LogP contribution in [0.15, 0.2) is 12.3 Å². The number of aromatic nitrogens is 1. The molecule has 0 unspecified atom stereocenters. The lowest BCUT2D eigenvalue weighted by atomic mass is 10.1. The van der Waals surface area contributed by atoms with E-state index in [-0.39, 0.29) is 0 Å². The van der Waals surface area contributed by atoms with E-state index in [2.05, 4.69) is 38.7 Å². The van der Waals surface area contributed by atoms with E-state index < -0.39 is 0 Å². The lowest BCUT2D eigenvalue weighted by molar-refractivity contribution is 0.190. The van der Waals surface area contributed by atoms with Gasteiger partial charge in [0.15, 0.2) is 0 Å². The number of rotatable bonds is 6. The van der Waals surface area contributed by atoms with Gasteiger partial charge in [-0.15, -0.1) is 0 Å². The minimum Gasteiger partial charge on any atom is -0.489 e. The molecule has 0 aliphatic rings. The predicted molar refractivity (Wildman–Crippen MR) is 68.0 cm³/mol. The van der Waals surface area contributed by atoms with E-state index in [9.17, 15) is 0 Å². The first kappa shape index (κ1) is 13.0. The average Bonchev–Trinajstić information content (AvgIpc) is 2.35. The van der Waals surface area contributed by atoms with Crippen LogP contribution in [0.4, 0.5) is 0 Å². The second kappa shape index (κ2) is 6.51. The monoisotopic (exact) mass is 221 g/mol. The topological polar surface area (TPSA) is 22.1 Å². The van der Waals surface area contributed by atoms with Crippen LogP contribution >= 0.6 is 0 Å². The van der Waals surface area contributed by atoms with Gasteiger partial charge in [0.25, 0.3) is 0 Å². The van der Waals surface area contributed by atoms with Gasteiger partial charge in [-0.05, 0) is 37.3 Å². The molecule has 0 atom stereocenters. The molecule has 0 N–H and O–H groups in total. The van der Waals surface area contributed by atoms with Crippen LogP contribution in [-0.4, -0.2) is 11.1 Å². The Bertz CT molecular complexity index is 319. The quantitative estimate of drug-likeness (QED) is 0.729. The Balaban J connectivity index is 2.90. The molecule has 2 nitrogen and oxygen atoms in total. The van der Waals surface area contributed by atoms with Gasteiger partial charge in [-0.2, -0.15) is 0 Å². The molecule has 1 heterocycles. The van der Waals surface area contributed by atoms with Gasteiger partial charge in [-0.1, -0.05) is 27.7 Å². The van der Waals surface area contributed by atoms with Gasteiger partial charge >= 0.3 is 0 Å². The van der Waals surface area contributed by atoms with Crippen molar-refractivity contribution in [2.45, 2.75) is 59.5 Å². The van der Waals surface area contributed by atoms with Gasteiger partial charge in [0, 0.05) is 6.20 Å². The first-order valence-corrected chi connectivity index (χ1v) is 6.39. The van der Waals surface area contributed by atoms with E-state index >= 15 is 0 Å². The number of hydrogen-bond acceptors (Lipinski definition) is 2. The minimum absolute atomic E-state index is 0.319. The smallest absolute Gasteiger partial charge is 0.141 e. The van der Waals surface area contributed by atoms with Crippen molar-refractivity contribution in [1.82, 2.24) is 4.98 Å². The Morgan fingerprint density at radius 1 is 1.12 bits per heavy atom. The van der Waals surface area contributed by atoms with Crippen LogP contribution in [0.5, 0.6) is 5.75 Å². The van der Waals surface area contributed by atoms with Gasteiger partial charge in [-0.25, -0.2) is 0 Å². The normalized spacial score (nSPS) is 10.8. The summed E-state index contributed by atoms with van der Waals surface area (Å²) in [4.78, 5) is 4.46. The van der Waals surface area contributed by atoms with E-state index in [0.29, 0.717) is 6.10 Å². The maximum Gasteiger partial charge on any atom is 0.141 e. The Morgan fingerprint density at radius 3 is 2.31 bits per heavy atom. The Kier molecular flexibility index (Phi) is 5.30. The van der Waals surface area contributed by atoms with Crippen molar-refractivity contribution >= 4 is 0 Å². The first-order chi connectivity index (χ1) is 7.74. The number of aryl methyl sites for hydroxylation is 2. The summed E-state index contributed by atoms with van der Waals surface area (Å²) in [6, 6.07) is 2.14. The molecule has 1 aromatic heterocycles. The van der Waals surface area contributed by atoms with Crippen molar-refractivity contribution in [3.8, 4) is 5.75 Å². The fourth-order valence-electron chi connectivity index (χ4n) is 1.71. The standard InChI is InChI=1S/C14H23NO/c1-5-11-9-14(13(8-4)15-10-11)16-12(6-2)7-3/h9-10,12H,5-8H2,1-4H3. The molecule has 90 valence electrons. The molecule has 0 saturated heterocycles. The fourth-order valence-corrected chi connectivity index (χ4v) is 1.71. The van der Waals surface area contributed by atoms with Gasteiger partial charge in [0.2, 0.25) is 0 Å². The Labute approximate surface area is 99.0 Å². The van der Waals surface area contributed by atoms with E-state index in [4.69, 9.17) is 4.74 Å². The molecule has 1 aromatic rings. The van der Waals surface area contributed by atoms with E-state index in [1.54, 1.807) is 0 Å². The van der Waals surface area contributed by atoms with E-state index in [0.717, 1.165) is 37.1 Å². The predicted octanol–water partition coefficient (Wildman–Crippen LogP) is 3.77. The van der Waals surface area contributed by atoms with Crippen LogP contribution in [-0.2, 0) is 12.8 Å². The molecule has 0 spiro atoms. The third-order valence-corrected chi connectivity index (χ3v) is 2.93. The fraction of sp³-hybridized carbons (Fsp3) is 0.643. The summed E-state index contributed by atoms with van der Waals surface area (Å²) < 4.78 is 6.01. The van der Waals surface area contributed by atoms with Crippen molar-refractivity contribution < 1.29 is 4.74 Å². The molecular weight excluding hydrogens is 198 g/mol. The highest BCUT2D eigenvalue weighted by Crippen LogP contribution is 2.21. The second-order valence-corrected chi connectivity index (χ2v) is 4.05. The largest absolute Gasteiger partial charge is 0.489 e. The van der Waals surface area contributed by atoms with Crippen molar-refractivity contribution in [2.24, 2.45) is 0 Å². The summed E-state index contributed by atoms with van der Waals surface area (Å²) in [5, 5.41) is 0. The molecular formula is C14H23NO. The number of nitrogens with zero attached hydrogens (tertiary/aromatic N) is 1. The van der Waals surface area contributed by atoms with Crippen LogP contribution in [0.3, 0.4) is 0 Å². The summed E-state index contributed by atoms with van der Waals surface area (Å²) in [6.45, 7) is 8.59. The van der Waals surface area contributed by atoms with Gasteiger partial charge in [0.05, 0.1) is 11.8 Å². The van der Waals surface area contributed by atoms with Crippen LogP contribution in [0.25, 0.3) is 0 Å². The van der Waals surface area contributed by atoms with Crippen molar-refractivity contribution in [3.05, 3.63) is 23.5 Å². The number of hydrogen-bond donors (Lipinski definition) is 0. The summed E-state index contributed by atoms with van der Waals surface area (Å²) in [5.41, 5.74) is 2.32. The Hall–Kier alpha value is -1.05. The molecule has 16 heavy (non-hydrogen) atoms. The van der Waals surface area contributed by atoms with Crippen molar-refractivity contribution in [2.75, 3.05) is 0 Å². The maximum absolute atomic E-state index is 6.01. The van der Waals surface area contributed by atoms with E-state index in [1.165, 1.54) is 5.56 Å². The molecule has 0 fully saturated rings. The molecule has 0 saturated carbocycles. The molecule has 0 aromatic carbocycles. The summed E-state index contributed by atoms with van der Waals surface area (Å²) in [5.74, 6) is 0.982. The summed E-state index contributed by atoms with van der Waals surface area (Å²) >= 11 is 0. The second-order valence-electron chi connectivity index (χ2n) is 4.05. The summed E-state index contributed by atoms with van der Waals surface area (Å²) in [6.07, 6.45) is 6.32. The van der Waals surface area contributed by atoms with Crippen molar-refractivity contribution in [3.63, 3.8) is 0 Å². The third-order valence-electron chi connectivity index (χ3n) is 2.93. The maximum atomic E-state index is 6.01. The molecule has 0 bridgehead atoms. The Morgan fingerprint density at radius 2 is 1.81 bits per heavy atom. The molecule has 1 rings (SSSR count). The van der Waals surface area contributed by atoms with Crippen LogP contribution in [0.1, 0.15) is 51.8 Å². The van der Waals surface area contributed by atoms with Crippen LogP contribution < -0.4 is 4.74 Å². The molecule has 0 aliphatic carbocycles. The molecule has 0 aliphatic heterocycles. The highest BCUT2D eigenvalue weighted by atomic mass is 16.5. The zero-order valence-electron chi connectivity index (χ0n) is 10.9. The minimum atomic E-state index is 0.319. The molecule has 0 radical (unpaired) electrons. The SMILES string of the molecule is CCc1cnc(CC)c(OC(CC)CC)c1. The van der Waals surface area contributed by atoms with Crippen molar-refractivity contribution in [1.29, 1.82) is 0 Å².